The minimum Gasteiger partial charge on any atom is -0.341 e. The summed E-state index contributed by atoms with van der Waals surface area (Å²) in [6, 6.07) is -0.143. The van der Waals surface area contributed by atoms with Crippen molar-refractivity contribution in [3.05, 3.63) is 0 Å². The second kappa shape index (κ2) is 4.81. The molecule has 0 fully saturated rings. The van der Waals surface area contributed by atoms with E-state index >= 15 is 0 Å². The maximum Gasteiger partial charge on any atom is 0.237 e. The van der Waals surface area contributed by atoms with Gasteiger partial charge in [0.05, 0.1) is 0 Å². The van der Waals surface area contributed by atoms with Crippen LogP contribution >= 0.6 is 11.6 Å². The van der Waals surface area contributed by atoms with E-state index in [1.807, 2.05) is 0 Å². The summed E-state index contributed by atoms with van der Waals surface area (Å²) < 4.78 is 21.6. The summed E-state index contributed by atoms with van der Waals surface area (Å²) >= 11 is 5.52. The highest BCUT2D eigenvalue weighted by molar-refractivity contribution is 7.91. The van der Waals surface area contributed by atoms with Gasteiger partial charge in [-0.15, -0.1) is 11.6 Å². The highest BCUT2D eigenvalue weighted by Crippen LogP contribution is 2.00. The first-order valence-electron chi connectivity index (χ1n) is 3.77. The van der Waals surface area contributed by atoms with Crippen molar-refractivity contribution in [2.75, 3.05) is 24.9 Å². The molecule has 0 aliphatic carbocycles. The number of rotatable bonds is 4. The normalized spacial score (nSPS) is 13.8. The quantitative estimate of drug-likeness (QED) is 0.641. The van der Waals surface area contributed by atoms with E-state index in [-0.39, 0.29) is 6.04 Å². The zero-order valence-electron chi connectivity index (χ0n) is 7.95. The molecule has 4 nitrogen and oxygen atoms in total. The topological polar surface area (TPSA) is 54.5 Å². The number of hydrogen-bond donors (Lipinski definition) is 0. The first kappa shape index (κ1) is 12.7. The molecular weight excluding hydrogens is 214 g/mol. The molecule has 0 aliphatic heterocycles. The summed E-state index contributed by atoms with van der Waals surface area (Å²) in [4.78, 5) is 12.6. The van der Waals surface area contributed by atoms with Crippen LogP contribution in [0.3, 0.4) is 0 Å². The Balaban J connectivity index is 4.28. The van der Waals surface area contributed by atoms with Gasteiger partial charge in [-0.05, 0) is 6.92 Å². The van der Waals surface area contributed by atoms with Crippen LogP contribution in [0.15, 0.2) is 0 Å². The molecule has 0 N–H and O–H groups in total. The number of hydrogen-bond acceptors (Lipinski definition) is 3. The average Bonchev–Trinajstić information content (AvgIpc) is 1.98. The third-order valence-corrected chi connectivity index (χ3v) is 2.88. The van der Waals surface area contributed by atoms with Crippen LogP contribution in [0, 0.1) is 0 Å². The van der Waals surface area contributed by atoms with Crippen molar-refractivity contribution in [3.8, 4) is 0 Å². The Morgan fingerprint density at radius 2 is 2.00 bits per heavy atom. The van der Waals surface area contributed by atoms with E-state index in [9.17, 15) is 13.2 Å². The molecule has 0 radical (unpaired) electrons. The van der Waals surface area contributed by atoms with Gasteiger partial charge >= 0.3 is 0 Å². The lowest BCUT2D eigenvalue weighted by Gasteiger charge is -2.22. The highest BCUT2D eigenvalue weighted by atomic mass is 35.5. The van der Waals surface area contributed by atoms with Gasteiger partial charge in [0.25, 0.3) is 0 Å². The molecule has 1 unspecified atom stereocenters. The maximum absolute atomic E-state index is 11.2. The third kappa shape index (κ3) is 5.10. The van der Waals surface area contributed by atoms with Gasteiger partial charge in [-0.3, -0.25) is 4.79 Å². The number of carbonyl (C=O) groups excluding carboxylic acids is 1. The Labute approximate surface area is 83.8 Å². The molecule has 0 aliphatic rings. The van der Waals surface area contributed by atoms with E-state index in [4.69, 9.17) is 11.6 Å². The van der Waals surface area contributed by atoms with Gasteiger partial charge in [0.15, 0.2) is 9.84 Å². The molecule has 1 amide bonds. The van der Waals surface area contributed by atoms with Crippen LogP contribution in [0.2, 0.25) is 0 Å². The molecule has 0 spiro atoms. The number of alkyl halides is 1. The van der Waals surface area contributed by atoms with Crippen LogP contribution in [0.1, 0.15) is 6.92 Å². The second-order valence-electron chi connectivity index (χ2n) is 3.08. The molecule has 6 heteroatoms. The number of amides is 1. The minimum atomic E-state index is -3.24. The number of sulfone groups is 1. The fourth-order valence-corrected chi connectivity index (χ4v) is 1.53. The Kier molecular flexibility index (Phi) is 4.70. The van der Waals surface area contributed by atoms with Gasteiger partial charge in [0.1, 0.15) is 5.75 Å². The van der Waals surface area contributed by atoms with Crippen molar-refractivity contribution in [2.24, 2.45) is 0 Å². The van der Waals surface area contributed by atoms with Gasteiger partial charge in [-0.2, -0.15) is 0 Å². The standard InChI is InChI=1S/C7H14ClNO3S/c1-6(4-8)9(2)7(10)5-13(3,11)12/h6H,4-5H2,1-3H3. The van der Waals surface area contributed by atoms with Crippen LogP contribution in [0.25, 0.3) is 0 Å². The number of carbonyl (C=O) groups is 1. The fraction of sp³-hybridized carbons (Fsp3) is 0.857. The van der Waals surface area contributed by atoms with Crippen molar-refractivity contribution >= 4 is 27.3 Å². The SMILES string of the molecule is CC(CCl)N(C)C(=O)CS(C)(=O)=O. The van der Waals surface area contributed by atoms with Gasteiger partial charge in [-0.25, -0.2) is 8.42 Å². The Hall–Kier alpha value is -0.290. The molecule has 78 valence electrons. The molecule has 0 aromatic heterocycles. The third-order valence-electron chi connectivity index (χ3n) is 1.66. The summed E-state index contributed by atoms with van der Waals surface area (Å²) in [5.41, 5.74) is 0. The minimum absolute atomic E-state index is 0.143. The zero-order chi connectivity index (χ0) is 10.6. The van der Waals surface area contributed by atoms with Crippen molar-refractivity contribution in [2.45, 2.75) is 13.0 Å². The van der Waals surface area contributed by atoms with E-state index in [1.54, 1.807) is 14.0 Å². The van der Waals surface area contributed by atoms with E-state index in [0.29, 0.717) is 5.88 Å². The second-order valence-corrected chi connectivity index (χ2v) is 5.53. The highest BCUT2D eigenvalue weighted by Gasteiger charge is 2.18. The molecule has 13 heavy (non-hydrogen) atoms. The summed E-state index contributed by atoms with van der Waals surface area (Å²) in [7, 11) is -1.70. The largest absolute Gasteiger partial charge is 0.341 e. The van der Waals surface area contributed by atoms with E-state index in [0.717, 1.165) is 6.26 Å². The van der Waals surface area contributed by atoms with E-state index < -0.39 is 21.5 Å². The molecule has 0 heterocycles. The van der Waals surface area contributed by atoms with Crippen molar-refractivity contribution in [3.63, 3.8) is 0 Å². The Bertz CT molecular complexity index is 275. The monoisotopic (exact) mass is 227 g/mol. The van der Waals surface area contributed by atoms with E-state index in [1.165, 1.54) is 4.90 Å². The molecule has 0 saturated heterocycles. The zero-order valence-corrected chi connectivity index (χ0v) is 9.52. The first-order chi connectivity index (χ1) is 5.78. The van der Waals surface area contributed by atoms with Crippen molar-refractivity contribution in [1.82, 2.24) is 4.90 Å². The predicted octanol–water partition coefficient (Wildman–Crippen LogP) is 0.117. The molecular formula is C7H14ClNO3S. The van der Waals surface area contributed by atoms with Gasteiger partial charge < -0.3 is 4.90 Å². The smallest absolute Gasteiger partial charge is 0.237 e. The molecule has 0 aromatic rings. The first-order valence-corrected chi connectivity index (χ1v) is 6.36. The molecule has 1 atom stereocenters. The van der Waals surface area contributed by atoms with Crippen LogP contribution in [0.5, 0.6) is 0 Å². The lowest BCUT2D eigenvalue weighted by molar-refractivity contribution is -0.128. The van der Waals surface area contributed by atoms with Gasteiger partial charge in [-0.1, -0.05) is 0 Å². The lowest BCUT2D eigenvalue weighted by atomic mass is 10.3. The number of halogens is 1. The van der Waals surface area contributed by atoms with Crippen molar-refractivity contribution in [1.29, 1.82) is 0 Å². The summed E-state index contributed by atoms with van der Waals surface area (Å²) in [6.07, 6.45) is 1.03. The summed E-state index contributed by atoms with van der Waals surface area (Å²) in [5.74, 6) is -0.577. The lowest BCUT2D eigenvalue weighted by Crippen LogP contribution is -2.39. The Morgan fingerprint density at radius 3 is 2.31 bits per heavy atom. The Morgan fingerprint density at radius 1 is 1.54 bits per heavy atom. The molecule has 0 rings (SSSR count). The average molecular weight is 228 g/mol. The van der Waals surface area contributed by atoms with Crippen LogP contribution in [-0.4, -0.2) is 50.2 Å². The van der Waals surface area contributed by atoms with Gasteiger partial charge in [0, 0.05) is 25.2 Å². The van der Waals surface area contributed by atoms with E-state index in [2.05, 4.69) is 0 Å². The van der Waals surface area contributed by atoms with Crippen LogP contribution < -0.4 is 0 Å². The molecule has 0 aromatic carbocycles. The fourth-order valence-electron chi connectivity index (χ4n) is 0.675. The summed E-state index contributed by atoms with van der Waals surface area (Å²) in [6.45, 7) is 1.76. The molecule has 0 saturated carbocycles. The predicted molar refractivity (Wildman–Crippen MR) is 52.7 cm³/mol. The van der Waals surface area contributed by atoms with Gasteiger partial charge in [0.2, 0.25) is 5.91 Å². The number of nitrogens with zero attached hydrogens (tertiary/aromatic N) is 1. The van der Waals surface area contributed by atoms with Crippen molar-refractivity contribution < 1.29 is 13.2 Å². The maximum atomic E-state index is 11.2. The van der Waals surface area contributed by atoms with Crippen LogP contribution in [0.4, 0.5) is 0 Å². The summed E-state index contributed by atoms with van der Waals surface area (Å²) in [5, 5.41) is 0. The van der Waals surface area contributed by atoms with Crippen LogP contribution in [-0.2, 0) is 14.6 Å². The molecule has 0 bridgehead atoms.